The highest BCUT2D eigenvalue weighted by Crippen LogP contribution is 2.43. The van der Waals surface area contributed by atoms with E-state index in [0.717, 1.165) is 52.4 Å². The zero-order valence-electron chi connectivity index (χ0n) is 31.0. The van der Waals surface area contributed by atoms with Crippen LogP contribution < -0.4 is 10.6 Å². The average Bonchev–Trinajstić information content (AvgIpc) is 3.68. The van der Waals surface area contributed by atoms with Crippen LogP contribution in [-0.2, 0) is 43.1 Å². The van der Waals surface area contributed by atoms with E-state index < -0.39 is 31.8 Å². The molecule has 1 unspecified atom stereocenters. The fraction of sp³-hybridized carbons (Fsp3) is 0.475. The van der Waals surface area contributed by atoms with Gasteiger partial charge in [0.1, 0.15) is 11.6 Å². The lowest BCUT2D eigenvalue weighted by molar-refractivity contribution is -0.157. The summed E-state index contributed by atoms with van der Waals surface area (Å²) in [7, 11) is -1.94. The number of amides is 2. The Morgan fingerprint density at radius 3 is 2.26 bits per heavy atom. The van der Waals surface area contributed by atoms with Crippen LogP contribution in [0.3, 0.4) is 0 Å². The molecule has 2 aliphatic rings. The minimum atomic E-state index is -1.94. The van der Waals surface area contributed by atoms with E-state index in [1.165, 1.54) is 0 Å². The Labute approximate surface area is 296 Å². The summed E-state index contributed by atoms with van der Waals surface area (Å²) >= 11 is 0. The standard InChI is InChI=1S/C40H52N4O5Si/c1-23(2)50(24(3)4,25(5)6)48-19-11-13-26-12-10-14-29-31(21-42-35(26)29)34-33(37(45)43-38(34)46)28-16-15-27-20-41-32(39(47)49-40(7,8)9)22-44-18-17-30(28)36(27)44/h10,12,14-18,21,23-25,32,41-42H,11,13,19-20,22H2,1-9H3,(H,43,45,46). The molecule has 4 heterocycles. The number of nitrogens with zero attached hydrogens (tertiary/aromatic N) is 1. The van der Waals surface area contributed by atoms with Crippen molar-refractivity contribution in [1.82, 2.24) is 20.2 Å². The van der Waals surface area contributed by atoms with Crippen molar-refractivity contribution in [3.63, 3.8) is 0 Å². The molecule has 0 spiro atoms. The number of fused-ring (bicyclic) bond motifs is 1. The molecule has 0 saturated carbocycles. The van der Waals surface area contributed by atoms with E-state index in [9.17, 15) is 14.4 Å². The molecule has 0 radical (unpaired) electrons. The third-order valence-electron chi connectivity index (χ3n) is 10.5. The van der Waals surface area contributed by atoms with Gasteiger partial charge >= 0.3 is 5.97 Å². The van der Waals surface area contributed by atoms with Crippen molar-refractivity contribution in [2.75, 3.05) is 6.61 Å². The SMILES string of the molecule is CC(C)[Si](OCCCc1cccc2c(C3=C(c4ccc5c6c4ccn6CC(C(=O)OC(C)(C)C)NC5)C(=O)NC3=O)c[nH]c12)(C(C)C)C(C)C. The van der Waals surface area contributed by atoms with Gasteiger partial charge in [0.2, 0.25) is 0 Å². The van der Waals surface area contributed by atoms with Gasteiger partial charge in [-0.25, -0.2) is 0 Å². The summed E-state index contributed by atoms with van der Waals surface area (Å²) in [5.41, 5.74) is 7.19. The molecule has 2 aliphatic heterocycles. The molecule has 3 N–H and O–H groups in total. The minimum absolute atomic E-state index is 0.305. The average molecular weight is 697 g/mol. The number of ether oxygens (including phenoxy) is 1. The van der Waals surface area contributed by atoms with Crippen LogP contribution in [0.2, 0.25) is 16.6 Å². The molecular formula is C40H52N4O5Si. The number of benzene rings is 2. The van der Waals surface area contributed by atoms with Crippen molar-refractivity contribution < 1.29 is 23.5 Å². The van der Waals surface area contributed by atoms with Crippen LogP contribution in [0.1, 0.15) is 91.0 Å². The van der Waals surface area contributed by atoms with Gasteiger partial charge in [0, 0.05) is 53.9 Å². The Morgan fingerprint density at radius 1 is 0.920 bits per heavy atom. The molecule has 50 heavy (non-hydrogen) atoms. The Balaban J connectivity index is 1.32. The molecule has 266 valence electrons. The number of hydrogen-bond donors (Lipinski definition) is 3. The number of para-hydroxylation sites is 1. The predicted molar refractivity (Wildman–Crippen MR) is 202 cm³/mol. The Kier molecular flexibility index (Phi) is 9.75. The van der Waals surface area contributed by atoms with Crippen LogP contribution in [-0.4, -0.2) is 53.9 Å². The van der Waals surface area contributed by atoms with Gasteiger partial charge in [-0.3, -0.25) is 25.0 Å². The van der Waals surface area contributed by atoms with E-state index in [1.54, 1.807) is 0 Å². The van der Waals surface area contributed by atoms with Crippen LogP contribution in [0.25, 0.3) is 33.0 Å². The van der Waals surface area contributed by atoms with E-state index in [1.807, 2.05) is 68.1 Å². The molecule has 0 fully saturated rings. The van der Waals surface area contributed by atoms with E-state index in [0.29, 0.717) is 52.0 Å². The van der Waals surface area contributed by atoms with E-state index in [-0.39, 0.29) is 5.97 Å². The van der Waals surface area contributed by atoms with E-state index >= 15 is 0 Å². The molecule has 0 saturated heterocycles. The van der Waals surface area contributed by atoms with Gasteiger partial charge in [0.25, 0.3) is 11.8 Å². The maximum absolute atomic E-state index is 13.6. The summed E-state index contributed by atoms with van der Waals surface area (Å²) in [4.78, 5) is 43.6. The first kappa shape index (κ1) is 35.8. The second-order valence-corrected chi connectivity index (χ2v) is 21.3. The normalized spacial score (nSPS) is 17.2. The van der Waals surface area contributed by atoms with Crippen LogP contribution in [0.5, 0.6) is 0 Å². The lowest BCUT2D eigenvalue weighted by Crippen LogP contribution is -2.48. The molecule has 2 aromatic heterocycles. The van der Waals surface area contributed by atoms with Crippen molar-refractivity contribution in [3.05, 3.63) is 71.0 Å². The first-order valence-electron chi connectivity index (χ1n) is 18.0. The summed E-state index contributed by atoms with van der Waals surface area (Å²) in [6, 6.07) is 11.5. The molecule has 10 heteroatoms. The Hall–Kier alpha value is -3.99. The number of aryl methyl sites for hydroxylation is 1. The third kappa shape index (κ3) is 6.37. The van der Waals surface area contributed by atoms with Crippen LogP contribution in [0, 0.1) is 0 Å². The molecule has 1 atom stereocenters. The number of rotatable bonds is 11. The van der Waals surface area contributed by atoms with E-state index in [4.69, 9.17) is 9.16 Å². The quantitative estimate of drug-likeness (QED) is 0.0643. The Morgan fingerprint density at radius 2 is 1.60 bits per heavy atom. The number of aromatic amines is 1. The van der Waals surface area contributed by atoms with Gasteiger partial charge in [0.15, 0.2) is 8.32 Å². The third-order valence-corrected chi connectivity index (χ3v) is 16.7. The van der Waals surface area contributed by atoms with Gasteiger partial charge < -0.3 is 18.7 Å². The highest BCUT2D eigenvalue weighted by atomic mass is 28.4. The first-order valence-corrected chi connectivity index (χ1v) is 20.2. The highest BCUT2D eigenvalue weighted by molar-refractivity contribution is 6.77. The number of H-pyrrole nitrogens is 1. The number of hydrogen-bond acceptors (Lipinski definition) is 6. The molecule has 0 bridgehead atoms. The monoisotopic (exact) mass is 696 g/mol. The molecule has 0 aliphatic carbocycles. The lowest BCUT2D eigenvalue weighted by Gasteiger charge is -2.42. The smallest absolute Gasteiger partial charge is 0.325 e. The van der Waals surface area contributed by atoms with Gasteiger partial charge in [-0.15, -0.1) is 0 Å². The van der Waals surface area contributed by atoms with Gasteiger partial charge in [-0.05, 0) is 73.0 Å². The molecule has 2 amide bonds. The van der Waals surface area contributed by atoms with Crippen LogP contribution in [0.15, 0.2) is 48.8 Å². The number of imide groups is 1. The van der Waals surface area contributed by atoms with Gasteiger partial charge in [-0.1, -0.05) is 71.9 Å². The summed E-state index contributed by atoms with van der Waals surface area (Å²) in [5, 5.41) is 7.69. The second kappa shape index (κ2) is 13.6. The lowest BCUT2D eigenvalue weighted by atomic mass is 9.92. The van der Waals surface area contributed by atoms with Crippen LogP contribution in [0.4, 0.5) is 0 Å². The Bertz CT molecular complexity index is 1970. The maximum atomic E-state index is 13.6. The van der Waals surface area contributed by atoms with E-state index in [2.05, 4.69) is 63.2 Å². The zero-order valence-corrected chi connectivity index (χ0v) is 32.0. The van der Waals surface area contributed by atoms with Crippen LogP contribution >= 0.6 is 0 Å². The molecule has 6 rings (SSSR count). The summed E-state index contributed by atoms with van der Waals surface area (Å²) in [6.07, 6.45) is 5.52. The topological polar surface area (TPSA) is 114 Å². The molecule has 9 nitrogen and oxygen atoms in total. The fourth-order valence-electron chi connectivity index (χ4n) is 8.55. The van der Waals surface area contributed by atoms with Crippen molar-refractivity contribution in [2.24, 2.45) is 0 Å². The van der Waals surface area contributed by atoms with Crippen molar-refractivity contribution in [3.8, 4) is 0 Å². The van der Waals surface area contributed by atoms with Gasteiger partial charge in [0.05, 0.1) is 16.7 Å². The van der Waals surface area contributed by atoms with Gasteiger partial charge in [-0.2, -0.15) is 0 Å². The summed E-state index contributed by atoms with van der Waals surface area (Å²) in [5.74, 6) is -1.13. The molecule has 4 aromatic rings. The maximum Gasteiger partial charge on any atom is 0.325 e. The summed E-state index contributed by atoms with van der Waals surface area (Å²) in [6.45, 7) is 21.0. The second-order valence-electron chi connectivity index (χ2n) is 15.8. The predicted octanol–water partition coefficient (Wildman–Crippen LogP) is 7.63. The fourth-order valence-corrected chi connectivity index (χ4v) is 14.0. The molecule has 2 aromatic carbocycles. The number of nitrogens with one attached hydrogen (secondary N) is 3. The highest BCUT2D eigenvalue weighted by Gasteiger charge is 2.45. The van der Waals surface area contributed by atoms with Crippen molar-refractivity contribution in [1.29, 1.82) is 0 Å². The number of carbonyl (C=O) groups excluding carboxylic acids is 3. The number of esters is 1. The van der Waals surface area contributed by atoms with Crippen molar-refractivity contribution >= 4 is 59.1 Å². The molecular weight excluding hydrogens is 645 g/mol. The minimum Gasteiger partial charge on any atom is -0.459 e. The largest absolute Gasteiger partial charge is 0.459 e. The summed E-state index contributed by atoms with van der Waals surface area (Å²) < 4.78 is 14.5. The number of carbonyl (C=O) groups is 3. The first-order chi connectivity index (χ1) is 23.6. The number of aromatic nitrogens is 2. The van der Waals surface area contributed by atoms with Crippen molar-refractivity contribution in [2.45, 2.75) is 117 Å². The zero-order chi connectivity index (χ0) is 36.1.